The quantitative estimate of drug-likeness (QED) is 0.478. The Labute approximate surface area is 153 Å². The number of hydrogen-bond donors (Lipinski definition) is 2. The van der Waals surface area contributed by atoms with E-state index in [9.17, 15) is 4.39 Å². The molecule has 1 aromatic rings. The molecule has 2 aliphatic heterocycles. The van der Waals surface area contributed by atoms with Gasteiger partial charge in [-0.25, -0.2) is 4.39 Å². The van der Waals surface area contributed by atoms with Crippen LogP contribution in [0.3, 0.4) is 0 Å². The van der Waals surface area contributed by atoms with E-state index in [-0.39, 0.29) is 11.9 Å². The van der Waals surface area contributed by atoms with Gasteiger partial charge in [0, 0.05) is 31.8 Å². The highest BCUT2D eigenvalue weighted by atomic mass is 32.1. The van der Waals surface area contributed by atoms with Gasteiger partial charge < -0.3 is 15.0 Å². The molecule has 0 amide bonds. The summed E-state index contributed by atoms with van der Waals surface area (Å²) < 4.78 is 19.9. The minimum absolute atomic E-state index is 0.201. The van der Waals surface area contributed by atoms with Gasteiger partial charge in [-0.1, -0.05) is 6.07 Å². The van der Waals surface area contributed by atoms with Gasteiger partial charge in [-0.3, -0.25) is 5.43 Å². The Bertz CT molecular complexity index is 640. The van der Waals surface area contributed by atoms with Gasteiger partial charge in [-0.2, -0.15) is 5.10 Å². The third-order valence-electron chi connectivity index (χ3n) is 4.65. The first-order valence-corrected chi connectivity index (χ1v) is 9.29. The van der Waals surface area contributed by atoms with Crippen molar-refractivity contribution < 1.29 is 9.13 Å². The van der Waals surface area contributed by atoms with Gasteiger partial charge in [-0.05, 0) is 57.0 Å². The monoisotopic (exact) mass is 364 g/mol. The highest BCUT2D eigenvalue weighted by Crippen LogP contribution is 2.24. The molecule has 2 heterocycles. The van der Waals surface area contributed by atoms with Gasteiger partial charge in [0.1, 0.15) is 5.82 Å². The summed E-state index contributed by atoms with van der Waals surface area (Å²) in [4.78, 5) is 2.09. The molecule has 1 aromatic carbocycles. The molecule has 0 bridgehead atoms. The van der Waals surface area contributed by atoms with Crippen LogP contribution in [0.15, 0.2) is 23.3 Å². The maximum absolute atomic E-state index is 14.4. The van der Waals surface area contributed by atoms with Gasteiger partial charge in [0.25, 0.3) is 0 Å². The summed E-state index contributed by atoms with van der Waals surface area (Å²) in [7, 11) is 0. The maximum Gasteiger partial charge on any atom is 0.187 e. The topological polar surface area (TPSA) is 48.9 Å². The van der Waals surface area contributed by atoms with Crippen LogP contribution in [0.2, 0.25) is 0 Å². The molecule has 0 spiro atoms. The van der Waals surface area contributed by atoms with Crippen molar-refractivity contribution in [3.63, 3.8) is 0 Å². The summed E-state index contributed by atoms with van der Waals surface area (Å²) in [6.07, 6.45) is 4.63. The normalized spacial score (nSPS) is 20.8. The number of rotatable bonds is 5. The highest BCUT2D eigenvalue weighted by molar-refractivity contribution is 7.80. The van der Waals surface area contributed by atoms with Crippen LogP contribution in [0.25, 0.3) is 0 Å². The first-order chi connectivity index (χ1) is 12.1. The predicted molar refractivity (Wildman–Crippen MR) is 103 cm³/mol. The smallest absolute Gasteiger partial charge is 0.187 e. The standard InChI is InChI=1S/C18H25FN4OS/c1-13(21-22-18(25)20-12-15-5-4-10-24-15)14-6-7-17(16(19)11-14)23-8-2-3-9-23/h6-7,11,15H,2-5,8-10,12H2,1H3,(H2,20,22,25)/b21-13-/t15-/m1/s1. The number of nitrogens with one attached hydrogen (secondary N) is 2. The van der Waals surface area contributed by atoms with E-state index >= 15 is 0 Å². The number of hydrogen-bond acceptors (Lipinski definition) is 4. The van der Waals surface area contributed by atoms with Gasteiger partial charge in [0.2, 0.25) is 0 Å². The van der Waals surface area contributed by atoms with Gasteiger partial charge >= 0.3 is 0 Å². The van der Waals surface area contributed by atoms with Gasteiger partial charge in [-0.15, -0.1) is 0 Å². The van der Waals surface area contributed by atoms with Gasteiger partial charge in [0.05, 0.1) is 17.5 Å². The number of halogens is 1. The summed E-state index contributed by atoms with van der Waals surface area (Å²) in [5.74, 6) is -0.201. The minimum atomic E-state index is -0.201. The third-order valence-corrected chi connectivity index (χ3v) is 4.89. The van der Waals surface area contributed by atoms with Crippen LogP contribution < -0.4 is 15.6 Å². The van der Waals surface area contributed by atoms with Crippen molar-refractivity contribution in [3.05, 3.63) is 29.6 Å². The molecule has 0 saturated carbocycles. The van der Waals surface area contributed by atoms with E-state index in [1.807, 2.05) is 19.1 Å². The molecule has 2 fully saturated rings. The minimum Gasteiger partial charge on any atom is -0.376 e. The van der Waals surface area contributed by atoms with Gasteiger partial charge in [0.15, 0.2) is 5.11 Å². The second-order valence-electron chi connectivity index (χ2n) is 6.51. The number of thiocarbonyl (C=S) groups is 1. The zero-order valence-electron chi connectivity index (χ0n) is 14.6. The summed E-state index contributed by atoms with van der Waals surface area (Å²) in [6.45, 7) is 5.19. The van der Waals surface area contributed by atoms with E-state index in [2.05, 4.69) is 20.7 Å². The molecule has 5 nitrogen and oxygen atoms in total. The first kappa shape index (κ1) is 18.1. The molecular formula is C18H25FN4OS. The van der Waals surface area contributed by atoms with E-state index in [1.165, 1.54) is 6.07 Å². The summed E-state index contributed by atoms with van der Waals surface area (Å²) in [6, 6.07) is 5.28. The number of benzene rings is 1. The Balaban J connectivity index is 1.54. The number of hydrazone groups is 1. The van der Waals surface area contributed by atoms with Crippen molar-refractivity contribution in [1.29, 1.82) is 0 Å². The van der Waals surface area contributed by atoms with E-state index < -0.39 is 0 Å². The Hall–Kier alpha value is -1.73. The Morgan fingerprint density at radius 2 is 2.16 bits per heavy atom. The molecule has 2 N–H and O–H groups in total. The second-order valence-corrected chi connectivity index (χ2v) is 6.92. The Morgan fingerprint density at radius 3 is 2.84 bits per heavy atom. The lowest BCUT2D eigenvalue weighted by atomic mass is 10.1. The largest absolute Gasteiger partial charge is 0.376 e. The molecule has 7 heteroatoms. The zero-order valence-corrected chi connectivity index (χ0v) is 15.4. The number of anilines is 1. The average molecular weight is 364 g/mol. The fourth-order valence-electron chi connectivity index (χ4n) is 3.20. The first-order valence-electron chi connectivity index (χ1n) is 8.88. The van der Waals surface area contributed by atoms with Crippen molar-refractivity contribution in [2.45, 2.75) is 38.7 Å². The molecule has 25 heavy (non-hydrogen) atoms. The second kappa shape index (κ2) is 8.58. The Kier molecular flexibility index (Phi) is 6.20. The molecule has 0 aromatic heterocycles. The molecule has 2 aliphatic rings. The lowest BCUT2D eigenvalue weighted by Gasteiger charge is -2.18. The number of ether oxygens (including phenoxy) is 1. The summed E-state index contributed by atoms with van der Waals surface area (Å²) in [5, 5.41) is 7.79. The zero-order chi connectivity index (χ0) is 17.6. The van der Waals surface area contributed by atoms with Crippen LogP contribution in [0.5, 0.6) is 0 Å². The molecule has 0 radical (unpaired) electrons. The van der Waals surface area contributed by atoms with Crippen molar-refractivity contribution in [1.82, 2.24) is 10.7 Å². The fourth-order valence-corrected chi connectivity index (χ4v) is 3.33. The van der Waals surface area contributed by atoms with Crippen LogP contribution in [0.1, 0.15) is 38.2 Å². The Morgan fingerprint density at radius 1 is 1.36 bits per heavy atom. The molecule has 0 aliphatic carbocycles. The highest BCUT2D eigenvalue weighted by Gasteiger charge is 2.17. The van der Waals surface area contributed by atoms with Crippen LogP contribution in [0.4, 0.5) is 10.1 Å². The van der Waals surface area contributed by atoms with Crippen molar-refractivity contribution in [2.75, 3.05) is 31.1 Å². The van der Waals surface area contributed by atoms with Crippen molar-refractivity contribution in [2.24, 2.45) is 5.10 Å². The number of nitrogens with zero attached hydrogens (tertiary/aromatic N) is 2. The molecule has 0 unspecified atom stereocenters. The molecular weight excluding hydrogens is 339 g/mol. The fraction of sp³-hybridized carbons (Fsp3) is 0.556. The summed E-state index contributed by atoms with van der Waals surface area (Å²) >= 11 is 5.21. The van der Waals surface area contributed by atoms with Crippen molar-refractivity contribution in [3.8, 4) is 0 Å². The third kappa shape index (κ3) is 4.89. The molecule has 3 rings (SSSR count). The summed E-state index contributed by atoms with van der Waals surface area (Å²) in [5.41, 5.74) is 4.92. The van der Waals surface area contributed by atoms with Crippen molar-refractivity contribution >= 4 is 28.7 Å². The molecule has 1 atom stereocenters. The SMILES string of the molecule is C/C(=N/NC(=S)NC[C@H]1CCCO1)c1ccc(N2CCCC2)c(F)c1. The predicted octanol–water partition coefficient (Wildman–Crippen LogP) is 2.79. The lowest BCUT2D eigenvalue weighted by molar-refractivity contribution is 0.114. The molecule has 2 saturated heterocycles. The molecule has 136 valence electrons. The van der Waals surface area contributed by atoms with Crippen LogP contribution >= 0.6 is 12.2 Å². The van der Waals surface area contributed by atoms with Crippen LogP contribution in [0, 0.1) is 5.82 Å². The van der Waals surface area contributed by atoms with E-state index in [0.717, 1.165) is 50.9 Å². The average Bonchev–Trinajstić information content (AvgIpc) is 3.31. The van der Waals surface area contributed by atoms with Crippen LogP contribution in [-0.4, -0.2) is 43.2 Å². The van der Waals surface area contributed by atoms with E-state index in [4.69, 9.17) is 17.0 Å². The van der Waals surface area contributed by atoms with Crippen LogP contribution in [-0.2, 0) is 4.74 Å². The lowest BCUT2D eigenvalue weighted by Crippen LogP contribution is -2.37. The van der Waals surface area contributed by atoms with E-state index in [0.29, 0.717) is 23.1 Å². The van der Waals surface area contributed by atoms with E-state index in [1.54, 1.807) is 0 Å². The maximum atomic E-state index is 14.4.